The Morgan fingerprint density at radius 2 is 1.65 bits per heavy atom. The molecule has 0 unspecified atom stereocenters. The maximum Gasteiger partial charge on any atom is 0.329 e. The van der Waals surface area contributed by atoms with Gasteiger partial charge in [-0.2, -0.15) is 0 Å². The summed E-state index contributed by atoms with van der Waals surface area (Å²) in [7, 11) is 0. The Bertz CT molecular complexity index is 1190. The molecule has 0 fully saturated rings. The molecule has 0 aromatic heterocycles. The van der Waals surface area contributed by atoms with E-state index >= 15 is 0 Å². The number of carboxylic acids is 1. The highest BCUT2D eigenvalue weighted by atomic mass is 79.9. The van der Waals surface area contributed by atoms with Crippen LogP contribution in [0, 0.1) is 0 Å². The van der Waals surface area contributed by atoms with Crippen molar-refractivity contribution in [1.29, 1.82) is 0 Å². The summed E-state index contributed by atoms with van der Waals surface area (Å²) in [6.07, 6.45) is 0.136. The highest BCUT2D eigenvalue weighted by Gasteiger charge is 2.35. The Labute approximate surface area is 215 Å². The Balaban J connectivity index is 1.84. The Morgan fingerprint density at radius 3 is 2.21 bits per heavy atom. The van der Waals surface area contributed by atoms with Crippen molar-refractivity contribution in [2.45, 2.75) is 38.6 Å². The van der Waals surface area contributed by atoms with Gasteiger partial charge in [0.15, 0.2) is 5.75 Å². The number of carbonyl (C=O) groups is 2. The largest absolute Gasteiger partial charge is 0.508 e. The zero-order valence-electron chi connectivity index (χ0n) is 18.9. The first kappa shape index (κ1) is 25.8. The molecule has 3 aromatic carbocycles. The van der Waals surface area contributed by atoms with Crippen LogP contribution in [0.4, 0.5) is 0 Å². The average Bonchev–Trinajstić information content (AvgIpc) is 2.77. The molecule has 3 rings (SSSR count). The predicted octanol–water partition coefficient (Wildman–Crippen LogP) is 6.65. The van der Waals surface area contributed by atoms with Gasteiger partial charge >= 0.3 is 5.97 Å². The van der Waals surface area contributed by atoms with Crippen LogP contribution in [0.2, 0.25) is 0 Å². The number of rotatable bonds is 8. The number of halogens is 2. The number of benzene rings is 3. The number of nitrogens with one attached hydrogen (secondary N) is 1. The van der Waals surface area contributed by atoms with Gasteiger partial charge in [-0.1, -0.05) is 44.2 Å². The normalized spacial score (nSPS) is 12.8. The molecule has 1 atom stereocenters. The molecule has 0 radical (unpaired) electrons. The topological polar surface area (TPSA) is 95.9 Å². The zero-order valence-corrected chi connectivity index (χ0v) is 22.1. The monoisotopic (exact) mass is 589 g/mol. The average molecular weight is 591 g/mol. The molecule has 0 heterocycles. The fourth-order valence-corrected chi connectivity index (χ4v) is 4.81. The van der Waals surface area contributed by atoms with Gasteiger partial charge in [-0.15, -0.1) is 0 Å². The van der Waals surface area contributed by atoms with Gasteiger partial charge in [0.2, 0.25) is 0 Å². The molecule has 178 valence electrons. The summed E-state index contributed by atoms with van der Waals surface area (Å²) in [6, 6.07) is 17.3. The number of carboxylic acid groups (broad SMARTS) is 1. The zero-order chi connectivity index (χ0) is 25.0. The molecule has 0 bridgehead atoms. The lowest BCUT2D eigenvalue weighted by Crippen LogP contribution is -2.53. The van der Waals surface area contributed by atoms with E-state index < -0.39 is 17.4 Å². The van der Waals surface area contributed by atoms with Gasteiger partial charge in [-0.3, -0.25) is 4.79 Å². The molecule has 0 saturated heterocycles. The molecule has 0 aliphatic heterocycles. The van der Waals surface area contributed by atoms with Crippen molar-refractivity contribution in [3.8, 4) is 17.2 Å². The first-order chi connectivity index (χ1) is 16.0. The molecule has 1 amide bonds. The smallest absolute Gasteiger partial charge is 0.329 e. The molecule has 0 aliphatic rings. The Hall–Kier alpha value is -2.84. The minimum absolute atomic E-state index is 0.112. The van der Waals surface area contributed by atoms with Crippen LogP contribution < -0.4 is 10.1 Å². The Kier molecular flexibility index (Phi) is 8.05. The van der Waals surface area contributed by atoms with Crippen molar-refractivity contribution >= 4 is 43.7 Å². The van der Waals surface area contributed by atoms with Crippen LogP contribution in [0.3, 0.4) is 0 Å². The lowest BCUT2D eigenvalue weighted by atomic mass is 9.92. The predicted molar refractivity (Wildman–Crippen MR) is 138 cm³/mol. The molecule has 3 N–H and O–H groups in total. The van der Waals surface area contributed by atoms with Gasteiger partial charge < -0.3 is 20.3 Å². The van der Waals surface area contributed by atoms with Crippen molar-refractivity contribution in [1.82, 2.24) is 5.32 Å². The molecule has 6 nitrogen and oxygen atoms in total. The van der Waals surface area contributed by atoms with Crippen molar-refractivity contribution in [2.24, 2.45) is 0 Å². The fraction of sp³-hybridized carbons (Fsp3) is 0.231. The number of hydrogen-bond donors (Lipinski definition) is 3. The summed E-state index contributed by atoms with van der Waals surface area (Å²) in [5.41, 5.74) is 0.326. The number of aliphatic carboxylic acids is 1. The van der Waals surface area contributed by atoms with E-state index in [-0.39, 0.29) is 23.7 Å². The molecule has 0 saturated carbocycles. The van der Waals surface area contributed by atoms with Crippen LogP contribution >= 0.6 is 31.9 Å². The van der Waals surface area contributed by atoms with Crippen LogP contribution in [0.15, 0.2) is 69.6 Å². The summed E-state index contributed by atoms with van der Waals surface area (Å²) in [6.45, 7) is 5.43. The van der Waals surface area contributed by atoms with Crippen molar-refractivity contribution < 1.29 is 24.5 Å². The van der Waals surface area contributed by atoms with Gasteiger partial charge in [-0.25, -0.2) is 4.79 Å². The van der Waals surface area contributed by atoms with Gasteiger partial charge in [0.1, 0.15) is 17.0 Å². The minimum Gasteiger partial charge on any atom is -0.508 e. The lowest BCUT2D eigenvalue weighted by Gasteiger charge is -2.26. The maximum absolute atomic E-state index is 13.0. The van der Waals surface area contributed by atoms with Crippen LogP contribution in [0.25, 0.3) is 0 Å². The van der Waals surface area contributed by atoms with E-state index in [1.165, 1.54) is 6.92 Å². The highest BCUT2D eigenvalue weighted by Crippen LogP contribution is 2.39. The molecular formula is C26H25Br2NO5. The molecule has 34 heavy (non-hydrogen) atoms. The fourth-order valence-electron chi connectivity index (χ4n) is 3.46. The standard InChI is InChI=1S/C26H25Br2NO5/c1-15(2)19-13-18(9-10-22(19)30)34-23-20(27)11-17(12-21(23)28)24(31)29-26(3,25(32)33)14-16-7-5-4-6-8-16/h4-13,15,30H,14H2,1-3H3,(H,29,31)(H,32,33)/t26-/m0/s1. The number of aromatic hydroxyl groups is 1. The molecular weight excluding hydrogens is 566 g/mol. The Morgan fingerprint density at radius 1 is 1.03 bits per heavy atom. The van der Waals surface area contributed by atoms with Crippen LogP contribution in [-0.2, 0) is 11.2 Å². The molecule has 0 spiro atoms. The van der Waals surface area contributed by atoms with E-state index in [9.17, 15) is 19.8 Å². The van der Waals surface area contributed by atoms with Crippen LogP contribution in [0.1, 0.15) is 48.2 Å². The van der Waals surface area contributed by atoms with Gasteiger partial charge in [0, 0.05) is 17.5 Å². The van der Waals surface area contributed by atoms with E-state index in [1.54, 1.807) is 30.3 Å². The van der Waals surface area contributed by atoms with Crippen LogP contribution in [0.5, 0.6) is 17.2 Å². The van der Waals surface area contributed by atoms with Gasteiger partial charge in [0.25, 0.3) is 5.91 Å². The van der Waals surface area contributed by atoms with Crippen LogP contribution in [-0.4, -0.2) is 27.6 Å². The minimum atomic E-state index is -1.49. The highest BCUT2D eigenvalue weighted by molar-refractivity contribution is 9.11. The van der Waals surface area contributed by atoms with Gasteiger partial charge in [-0.05, 0) is 80.6 Å². The van der Waals surface area contributed by atoms with Gasteiger partial charge in [0.05, 0.1) is 8.95 Å². The summed E-state index contributed by atoms with van der Waals surface area (Å²) >= 11 is 6.89. The number of amides is 1. The number of ether oxygens (including phenoxy) is 1. The SMILES string of the molecule is CC(C)c1cc(Oc2c(Br)cc(C(=O)N[C@@](C)(Cc3ccccc3)C(=O)O)cc2Br)ccc1O. The first-order valence-corrected chi connectivity index (χ1v) is 12.2. The van der Waals surface area contributed by atoms with Crippen molar-refractivity contribution in [2.75, 3.05) is 0 Å². The third kappa shape index (κ3) is 5.98. The number of phenols is 1. The van der Waals surface area contributed by atoms with E-state index in [0.717, 1.165) is 11.1 Å². The molecule has 0 aliphatic carbocycles. The van der Waals surface area contributed by atoms with E-state index in [1.807, 2.05) is 44.2 Å². The van der Waals surface area contributed by atoms with E-state index in [0.29, 0.717) is 20.4 Å². The molecule has 3 aromatic rings. The third-order valence-electron chi connectivity index (χ3n) is 5.36. The van der Waals surface area contributed by atoms with Crippen molar-refractivity contribution in [3.05, 3.63) is 86.3 Å². The summed E-state index contributed by atoms with van der Waals surface area (Å²) in [5.74, 6) is -0.370. The maximum atomic E-state index is 13.0. The number of carbonyl (C=O) groups excluding carboxylic acids is 1. The quantitative estimate of drug-likeness (QED) is 0.273. The summed E-state index contributed by atoms with van der Waals surface area (Å²) in [5, 5.41) is 22.5. The molecule has 8 heteroatoms. The number of hydrogen-bond acceptors (Lipinski definition) is 4. The van der Waals surface area contributed by atoms with E-state index in [2.05, 4.69) is 37.2 Å². The second-order valence-corrected chi connectivity index (χ2v) is 10.2. The van der Waals surface area contributed by atoms with E-state index in [4.69, 9.17) is 4.74 Å². The second-order valence-electron chi connectivity index (χ2n) is 8.50. The lowest BCUT2D eigenvalue weighted by molar-refractivity contribution is -0.143. The first-order valence-electron chi connectivity index (χ1n) is 10.6. The second kappa shape index (κ2) is 10.6. The third-order valence-corrected chi connectivity index (χ3v) is 6.54. The summed E-state index contributed by atoms with van der Waals surface area (Å²) in [4.78, 5) is 25.0. The van der Waals surface area contributed by atoms with Crippen molar-refractivity contribution in [3.63, 3.8) is 0 Å². The number of phenolic OH excluding ortho intramolecular Hbond substituents is 1. The summed E-state index contributed by atoms with van der Waals surface area (Å²) < 4.78 is 7.02.